The van der Waals surface area contributed by atoms with Crippen molar-refractivity contribution in [2.24, 2.45) is 23.7 Å². The zero-order chi connectivity index (χ0) is 56.1. The molecular weight excluding hydrogens is 1000 g/mol. The van der Waals surface area contributed by atoms with Crippen LogP contribution in [0.2, 0.25) is 0 Å². The van der Waals surface area contributed by atoms with Gasteiger partial charge in [-0.05, 0) is 69.9 Å². The maximum absolute atomic E-state index is 14.5. The third-order valence-corrected chi connectivity index (χ3v) is 17.1. The second kappa shape index (κ2) is 26.1. The number of methoxy groups -OCH3 is 2. The van der Waals surface area contributed by atoms with Gasteiger partial charge in [-0.2, -0.15) is 0 Å². The summed E-state index contributed by atoms with van der Waals surface area (Å²) in [5.74, 6) is -3.57. The van der Waals surface area contributed by atoms with Crippen LogP contribution in [0.5, 0.6) is 0 Å². The van der Waals surface area contributed by atoms with E-state index in [0.717, 1.165) is 12.0 Å². The van der Waals surface area contributed by atoms with E-state index in [1.807, 2.05) is 57.0 Å². The summed E-state index contributed by atoms with van der Waals surface area (Å²) in [4.78, 5) is 41.4. The topological polar surface area (TPSA) is 196 Å². The average Bonchev–Trinajstić information content (AvgIpc) is 3.98. The number of hydrogen-bond acceptors (Lipinski definition) is 17. The number of aliphatic hydroxyl groups is 2. The number of nitrogens with zero attached hydrogens (tertiary/aromatic N) is 1. The molecule has 1 aromatic rings. The standard InChI is InChI=1S/C61H85NO16/c1-12-35(2)56-38(5)25-26-60(78-56)32-45-29-44(77-60)24-23-37(4)55(36(3)18-16-21-43-33-71-58-54(65)39(6)28-46(59(66)74-45)61(43,58)67)75-52-31-49(69-11)57(41(8)73-52)76-51-30-48(68-10)53(40(7)72-51)62(9)27-17-22-50(64)70-34-47(63)42-19-14-13-15-20-42/h13-23,25-26,28,35-36,38,40-41,44-46,48-49,51-58,65,67H,12,24,27,29-34H2,1-11H3/b18-16+,22-17?,37-23+,43-21+/t35-,36-,38-,40+,41-,44+,45-,46-,48+,49-,51+,52-,53-,54+,55-,56+,57-,58+,60+,61+/m0/s1. The number of carbonyl (C=O) groups is 3. The Kier molecular flexibility index (Phi) is 20.1. The van der Waals surface area contributed by atoms with E-state index in [9.17, 15) is 24.6 Å². The molecule has 8 rings (SSSR count). The number of hydrogen-bond donors (Lipinski definition) is 2. The van der Waals surface area contributed by atoms with E-state index in [4.69, 9.17) is 52.1 Å². The van der Waals surface area contributed by atoms with E-state index in [-0.39, 0.29) is 67.5 Å². The number of ketones is 1. The first-order valence-electron chi connectivity index (χ1n) is 28.1. The van der Waals surface area contributed by atoms with Gasteiger partial charge in [-0.3, -0.25) is 14.5 Å². The van der Waals surface area contributed by atoms with Crippen LogP contribution in [0.25, 0.3) is 0 Å². The fourth-order valence-electron chi connectivity index (χ4n) is 12.5. The Morgan fingerprint density at radius 2 is 1.63 bits per heavy atom. The van der Waals surface area contributed by atoms with Gasteiger partial charge in [-0.25, -0.2) is 4.79 Å². The molecule has 4 fully saturated rings. The number of rotatable bonds is 15. The molecule has 2 bridgehead atoms. The van der Waals surface area contributed by atoms with Gasteiger partial charge in [0.2, 0.25) is 0 Å². The lowest BCUT2D eigenvalue weighted by atomic mass is 9.71. The lowest BCUT2D eigenvalue weighted by molar-refractivity contribution is -0.314. The molecule has 4 saturated heterocycles. The van der Waals surface area contributed by atoms with Crippen molar-refractivity contribution in [1.82, 2.24) is 4.90 Å². The Labute approximate surface area is 460 Å². The van der Waals surface area contributed by atoms with Gasteiger partial charge in [0, 0.05) is 69.9 Å². The molecule has 0 aromatic heterocycles. The molecule has 17 heteroatoms. The van der Waals surface area contributed by atoms with Crippen molar-refractivity contribution in [1.29, 1.82) is 0 Å². The molecule has 0 saturated carbocycles. The zero-order valence-electron chi connectivity index (χ0n) is 47.4. The van der Waals surface area contributed by atoms with Gasteiger partial charge < -0.3 is 62.3 Å². The van der Waals surface area contributed by atoms with Crippen molar-refractivity contribution in [2.45, 2.75) is 191 Å². The van der Waals surface area contributed by atoms with Gasteiger partial charge in [0.25, 0.3) is 0 Å². The molecule has 78 heavy (non-hydrogen) atoms. The van der Waals surface area contributed by atoms with E-state index in [1.54, 1.807) is 63.6 Å². The lowest BCUT2D eigenvalue weighted by Crippen LogP contribution is -2.58. The average molecular weight is 1090 g/mol. The zero-order valence-corrected chi connectivity index (χ0v) is 47.4. The molecule has 6 heterocycles. The molecule has 0 amide bonds. The molecule has 0 unspecified atom stereocenters. The predicted molar refractivity (Wildman–Crippen MR) is 289 cm³/mol. The fourth-order valence-corrected chi connectivity index (χ4v) is 12.5. The summed E-state index contributed by atoms with van der Waals surface area (Å²) in [7, 11) is 5.25. The second-order valence-electron chi connectivity index (χ2n) is 22.7. The van der Waals surface area contributed by atoms with Crippen LogP contribution in [0, 0.1) is 23.7 Å². The van der Waals surface area contributed by atoms with E-state index in [1.165, 1.54) is 6.08 Å². The largest absolute Gasteiger partial charge is 0.462 e. The molecule has 1 aliphatic carbocycles. The van der Waals surface area contributed by atoms with Crippen LogP contribution in [-0.2, 0) is 61.7 Å². The van der Waals surface area contributed by atoms with E-state index in [0.29, 0.717) is 48.9 Å². The predicted octanol–water partition coefficient (Wildman–Crippen LogP) is 7.30. The Morgan fingerprint density at radius 1 is 0.910 bits per heavy atom. The van der Waals surface area contributed by atoms with Crippen LogP contribution >= 0.6 is 0 Å². The summed E-state index contributed by atoms with van der Waals surface area (Å²) in [6.07, 6.45) is 12.2. The number of Topliss-reactive ketones (excluding diaryl/α,β-unsaturated/α-hetero) is 1. The van der Waals surface area contributed by atoms with Crippen molar-refractivity contribution in [2.75, 3.05) is 41.0 Å². The Bertz CT molecular complexity index is 2420. The van der Waals surface area contributed by atoms with Crippen LogP contribution in [0.4, 0.5) is 0 Å². The minimum atomic E-state index is -1.86. The molecule has 0 radical (unpaired) electrons. The molecule has 7 aliphatic rings. The van der Waals surface area contributed by atoms with Gasteiger partial charge >= 0.3 is 11.9 Å². The van der Waals surface area contributed by atoms with Gasteiger partial charge in [0.05, 0.1) is 55.4 Å². The minimum Gasteiger partial charge on any atom is -0.462 e. The highest BCUT2D eigenvalue weighted by atomic mass is 16.7. The number of fused-ring (bicyclic) bond motifs is 2. The van der Waals surface area contributed by atoms with Gasteiger partial charge in [-0.1, -0.05) is 107 Å². The number of benzene rings is 1. The summed E-state index contributed by atoms with van der Waals surface area (Å²) >= 11 is 0. The van der Waals surface area contributed by atoms with Gasteiger partial charge in [0.1, 0.15) is 35.9 Å². The Hall–Kier alpha value is -4.21. The maximum atomic E-state index is 14.5. The molecule has 6 aliphatic heterocycles. The van der Waals surface area contributed by atoms with Crippen LogP contribution in [-0.4, -0.2) is 171 Å². The summed E-state index contributed by atoms with van der Waals surface area (Å²) in [5, 5.41) is 23.9. The number of aliphatic hydroxyl groups excluding tert-OH is 1. The normalized spacial score (nSPS) is 41.5. The number of carbonyl (C=O) groups excluding carboxylic acids is 3. The highest BCUT2D eigenvalue weighted by molar-refractivity contribution is 5.98. The molecule has 20 atom stereocenters. The van der Waals surface area contributed by atoms with Crippen LogP contribution < -0.4 is 0 Å². The van der Waals surface area contributed by atoms with Crippen LogP contribution in [0.3, 0.4) is 0 Å². The van der Waals surface area contributed by atoms with Crippen molar-refractivity contribution in [3.8, 4) is 0 Å². The van der Waals surface area contributed by atoms with E-state index >= 15 is 0 Å². The molecule has 2 N–H and O–H groups in total. The van der Waals surface area contributed by atoms with Crippen molar-refractivity contribution >= 4 is 17.7 Å². The first kappa shape index (κ1) is 59.9. The number of ether oxygens (including phenoxy) is 11. The number of esters is 2. The van der Waals surface area contributed by atoms with Gasteiger partial charge in [-0.15, -0.1) is 0 Å². The highest BCUT2D eigenvalue weighted by Gasteiger charge is 2.60. The monoisotopic (exact) mass is 1090 g/mol. The Balaban J connectivity index is 0.960. The number of likely N-dealkylation sites (N-methyl/N-ethyl adjacent to an activating group) is 1. The summed E-state index contributed by atoms with van der Waals surface area (Å²) in [5.41, 5.74) is 0.546. The van der Waals surface area contributed by atoms with Crippen molar-refractivity contribution in [3.63, 3.8) is 0 Å². The lowest BCUT2D eigenvalue weighted by Gasteiger charge is -2.48. The number of allylic oxidation sites excluding steroid dienone is 2. The van der Waals surface area contributed by atoms with E-state index in [2.05, 4.69) is 39.8 Å². The van der Waals surface area contributed by atoms with Crippen molar-refractivity contribution in [3.05, 3.63) is 107 Å². The second-order valence-corrected chi connectivity index (χ2v) is 22.7. The SMILES string of the molecule is CC[C@H](C)[C@H]1O[C@]2(C=C[C@@H]1C)C[C@@H]1C[C@@H](C/C=C(\C)[C@@H](O[C@H]3C[C@H](OC)[C@@H](O[C@@H]4C[C@@H](OC)[C@@H](N(C)CC=CC(=O)OCC(=O)c5ccccc5)[C@@H](C)O4)[C@H](C)O3)[C@@H](C)/C=C/C=C3\CO[C@@H]4[C@H](O)C(C)=C[C@@H](C(=O)O1)[C@]34O)O2. The van der Waals surface area contributed by atoms with Gasteiger partial charge in [0.15, 0.2) is 30.8 Å². The first-order valence-corrected chi connectivity index (χ1v) is 28.1. The Morgan fingerprint density at radius 3 is 2.36 bits per heavy atom. The van der Waals surface area contributed by atoms with Crippen LogP contribution in [0.1, 0.15) is 104 Å². The summed E-state index contributed by atoms with van der Waals surface area (Å²) in [6.45, 7) is 16.3. The third kappa shape index (κ3) is 13.4. The molecule has 1 spiro atoms. The molecule has 1 aromatic carbocycles. The molecule has 17 nitrogen and oxygen atoms in total. The molecular formula is C61H85NO16. The first-order chi connectivity index (χ1) is 37.3. The summed E-state index contributed by atoms with van der Waals surface area (Å²) < 4.78 is 70.7. The summed E-state index contributed by atoms with van der Waals surface area (Å²) in [6, 6.07) is 8.52. The van der Waals surface area contributed by atoms with Crippen molar-refractivity contribution < 1.29 is 76.7 Å². The minimum absolute atomic E-state index is 0.0139. The smallest absolute Gasteiger partial charge is 0.330 e. The maximum Gasteiger partial charge on any atom is 0.330 e. The highest BCUT2D eigenvalue weighted by Crippen LogP contribution is 2.47. The molecule has 430 valence electrons. The van der Waals surface area contributed by atoms with Crippen LogP contribution in [0.15, 0.2) is 102 Å². The fraction of sp³-hybridized carbons (Fsp3) is 0.656. The van der Waals surface area contributed by atoms with E-state index < -0.39 is 90.7 Å². The quantitative estimate of drug-likeness (QED) is 0.0768. The third-order valence-electron chi connectivity index (χ3n) is 17.1.